The molecule has 2 aromatic carbocycles. The predicted molar refractivity (Wildman–Crippen MR) is 94.5 cm³/mol. The number of hydrogen-bond donors (Lipinski definition) is 4. The lowest BCUT2D eigenvalue weighted by Gasteiger charge is -2.40. The summed E-state index contributed by atoms with van der Waals surface area (Å²) in [6, 6.07) is 17.3. The Hall–Kier alpha value is -2.02. The molecule has 0 amide bonds. The molecule has 132 valence electrons. The molecule has 0 aromatic heterocycles. The smallest absolute Gasteiger partial charge is 0.113 e. The van der Waals surface area contributed by atoms with Gasteiger partial charge in [-0.2, -0.15) is 0 Å². The maximum atomic E-state index is 10.2. The minimum absolute atomic E-state index is 0.435. The molecule has 0 spiro atoms. The van der Waals surface area contributed by atoms with Crippen LogP contribution in [0.5, 0.6) is 0 Å². The van der Waals surface area contributed by atoms with Crippen LogP contribution in [0.1, 0.15) is 22.8 Å². The van der Waals surface area contributed by atoms with Gasteiger partial charge in [-0.1, -0.05) is 60.7 Å². The van der Waals surface area contributed by atoms with Crippen LogP contribution in [-0.4, -0.2) is 51.4 Å². The first-order valence-corrected chi connectivity index (χ1v) is 8.24. The average molecular weight is 342 g/mol. The van der Waals surface area contributed by atoms with Crippen molar-refractivity contribution in [2.24, 2.45) is 0 Å². The summed E-state index contributed by atoms with van der Waals surface area (Å²) < 4.78 is 5.60. The Balaban J connectivity index is 1.82. The van der Waals surface area contributed by atoms with E-state index in [-0.39, 0.29) is 0 Å². The molecule has 0 bridgehead atoms. The second kappa shape index (κ2) is 7.91. The van der Waals surface area contributed by atoms with E-state index in [0.29, 0.717) is 5.56 Å². The first kappa shape index (κ1) is 17.8. The van der Waals surface area contributed by atoms with Crippen molar-refractivity contribution in [3.8, 4) is 0 Å². The topological polar surface area (TPSA) is 90.2 Å². The van der Waals surface area contributed by atoms with Crippen LogP contribution in [0.4, 0.5) is 0 Å². The van der Waals surface area contributed by atoms with E-state index in [1.807, 2.05) is 60.7 Å². The molecule has 1 saturated heterocycles. The highest BCUT2D eigenvalue weighted by molar-refractivity contribution is 5.69. The van der Waals surface area contributed by atoms with Gasteiger partial charge < -0.3 is 25.2 Å². The SMILES string of the molecule is OC[C@H]1O[C@H](c2cccc(/C=C\c3ccccc3)c2)[C@@H](O)[C@@H](O)[C@@H]1O. The van der Waals surface area contributed by atoms with Crippen molar-refractivity contribution in [2.45, 2.75) is 30.5 Å². The highest BCUT2D eigenvalue weighted by Crippen LogP contribution is 2.32. The summed E-state index contributed by atoms with van der Waals surface area (Å²) in [5.74, 6) is 0. The molecule has 1 aliphatic rings. The molecule has 0 radical (unpaired) electrons. The van der Waals surface area contributed by atoms with Crippen LogP contribution >= 0.6 is 0 Å². The van der Waals surface area contributed by atoms with E-state index in [2.05, 4.69) is 0 Å². The quantitative estimate of drug-likeness (QED) is 0.630. The fourth-order valence-electron chi connectivity index (χ4n) is 2.97. The largest absolute Gasteiger partial charge is 0.394 e. The van der Waals surface area contributed by atoms with Gasteiger partial charge in [-0.15, -0.1) is 0 Å². The minimum atomic E-state index is -1.38. The zero-order valence-corrected chi connectivity index (χ0v) is 13.6. The van der Waals surface area contributed by atoms with E-state index in [1.165, 1.54) is 0 Å². The second-order valence-electron chi connectivity index (χ2n) is 6.16. The van der Waals surface area contributed by atoms with Crippen LogP contribution in [-0.2, 0) is 4.74 Å². The van der Waals surface area contributed by atoms with Crippen molar-refractivity contribution in [3.05, 3.63) is 71.3 Å². The van der Waals surface area contributed by atoms with Gasteiger partial charge in [-0.25, -0.2) is 0 Å². The van der Waals surface area contributed by atoms with Crippen LogP contribution in [0.2, 0.25) is 0 Å². The van der Waals surface area contributed by atoms with Gasteiger partial charge in [0, 0.05) is 0 Å². The summed E-state index contributed by atoms with van der Waals surface area (Å²) in [5, 5.41) is 39.4. The molecule has 1 fully saturated rings. The molecule has 0 saturated carbocycles. The van der Waals surface area contributed by atoms with Crippen molar-refractivity contribution in [3.63, 3.8) is 0 Å². The van der Waals surface area contributed by atoms with Crippen molar-refractivity contribution in [2.75, 3.05) is 6.61 Å². The molecular weight excluding hydrogens is 320 g/mol. The fraction of sp³-hybridized carbons (Fsp3) is 0.300. The zero-order chi connectivity index (χ0) is 17.8. The third-order valence-electron chi connectivity index (χ3n) is 4.40. The lowest BCUT2D eigenvalue weighted by Crippen LogP contribution is -2.55. The van der Waals surface area contributed by atoms with Gasteiger partial charge in [0.15, 0.2) is 0 Å². The van der Waals surface area contributed by atoms with Crippen molar-refractivity contribution < 1.29 is 25.2 Å². The Labute approximate surface area is 146 Å². The zero-order valence-electron chi connectivity index (χ0n) is 13.6. The van der Waals surface area contributed by atoms with Crippen molar-refractivity contribution in [1.82, 2.24) is 0 Å². The van der Waals surface area contributed by atoms with Gasteiger partial charge in [-0.3, -0.25) is 0 Å². The van der Waals surface area contributed by atoms with Gasteiger partial charge >= 0.3 is 0 Å². The van der Waals surface area contributed by atoms with Gasteiger partial charge in [-0.05, 0) is 22.8 Å². The molecule has 0 unspecified atom stereocenters. The first-order valence-electron chi connectivity index (χ1n) is 8.24. The van der Waals surface area contributed by atoms with E-state index in [4.69, 9.17) is 4.74 Å². The number of aliphatic hydroxyl groups is 4. The Morgan fingerprint density at radius 3 is 2.20 bits per heavy atom. The molecule has 1 heterocycles. The molecular formula is C20H22O5. The Kier molecular flexibility index (Phi) is 5.63. The molecule has 4 N–H and O–H groups in total. The number of hydrogen-bond acceptors (Lipinski definition) is 5. The van der Waals surface area contributed by atoms with Crippen LogP contribution in [0.3, 0.4) is 0 Å². The standard InChI is InChI=1S/C20H22O5/c21-12-16-17(22)18(23)19(24)20(25-16)15-8-4-7-14(11-15)10-9-13-5-2-1-3-6-13/h1-11,16-24H,12H2/b10-9-/t16-,17-,18+,19+,20-/m1/s1. The molecule has 3 rings (SSSR count). The third kappa shape index (κ3) is 3.98. The summed E-state index contributed by atoms with van der Waals surface area (Å²) in [5.41, 5.74) is 2.66. The molecule has 0 aliphatic carbocycles. The predicted octanol–water partition coefficient (Wildman–Crippen LogP) is 1.37. The molecule has 5 heteroatoms. The maximum absolute atomic E-state index is 10.2. The van der Waals surface area contributed by atoms with E-state index < -0.39 is 37.1 Å². The molecule has 1 aliphatic heterocycles. The number of aliphatic hydroxyl groups excluding tert-OH is 4. The van der Waals surface area contributed by atoms with Crippen LogP contribution in [0.25, 0.3) is 12.2 Å². The van der Waals surface area contributed by atoms with E-state index in [9.17, 15) is 20.4 Å². The van der Waals surface area contributed by atoms with Crippen LogP contribution in [0.15, 0.2) is 54.6 Å². The Morgan fingerprint density at radius 1 is 0.800 bits per heavy atom. The van der Waals surface area contributed by atoms with Gasteiger partial charge in [0.25, 0.3) is 0 Å². The lowest BCUT2D eigenvalue weighted by molar-refractivity contribution is -0.231. The molecule has 2 aromatic rings. The first-order chi connectivity index (χ1) is 12.1. The third-order valence-corrected chi connectivity index (χ3v) is 4.40. The average Bonchev–Trinajstić information content (AvgIpc) is 2.66. The van der Waals surface area contributed by atoms with Crippen LogP contribution in [0, 0.1) is 0 Å². The van der Waals surface area contributed by atoms with E-state index in [1.54, 1.807) is 6.07 Å². The summed E-state index contributed by atoms with van der Waals surface area (Å²) in [6.07, 6.45) is -1.80. The normalized spacial score (nSPS) is 29.8. The highest BCUT2D eigenvalue weighted by Gasteiger charge is 2.43. The van der Waals surface area contributed by atoms with E-state index in [0.717, 1.165) is 11.1 Å². The monoisotopic (exact) mass is 342 g/mol. The molecule has 5 nitrogen and oxygen atoms in total. The summed E-state index contributed by atoms with van der Waals surface area (Å²) in [4.78, 5) is 0. The Bertz CT molecular complexity index is 713. The number of ether oxygens (including phenoxy) is 1. The van der Waals surface area contributed by atoms with E-state index >= 15 is 0 Å². The summed E-state index contributed by atoms with van der Waals surface area (Å²) in [6.45, 7) is -0.435. The van der Waals surface area contributed by atoms with Crippen molar-refractivity contribution in [1.29, 1.82) is 0 Å². The fourth-order valence-corrected chi connectivity index (χ4v) is 2.97. The lowest BCUT2D eigenvalue weighted by atomic mass is 9.90. The summed E-state index contributed by atoms with van der Waals surface area (Å²) in [7, 11) is 0. The van der Waals surface area contributed by atoms with Gasteiger partial charge in [0.2, 0.25) is 0 Å². The van der Waals surface area contributed by atoms with Gasteiger partial charge in [0.1, 0.15) is 30.5 Å². The Morgan fingerprint density at radius 2 is 1.48 bits per heavy atom. The highest BCUT2D eigenvalue weighted by atomic mass is 16.5. The summed E-state index contributed by atoms with van der Waals surface area (Å²) >= 11 is 0. The van der Waals surface area contributed by atoms with Crippen LogP contribution < -0.4 is 0 Å². The molecule has 5 atom stereocenters. The molecule has 25 heavy (non-hydrogen) atoms. The number of rotatable bonds is 4. The maximum Gasteiger partial charge on any atom is 0.113 e. The van der Waals surface area contributed by atoms with Crippen molar-refractivity contribution >= 4 is 12.2 Å². The minimum Gasteiger partial charge on any atom is -0.394 e. The van der Waals surface area contributed by atoms with Gasteiger partial charge in [0.05, 0.1) is 6.61 Å². The second-order valence-corrected chi connectivity index (χ2v) is 6.16. The number of benzene rings is 2.